The van der Waals surface area contributed by atoms with E-state index in [1.54, 1.807) is 13.8 Å². The van der Waals surface area contributed by atoms with Gasteiger partial charge in [0.2, 0.25) is 0 Å². The van der Waals surface area contributed by atoms with Gasteiger partial charge in [-0.3, -0.25) is 14.6 Å². The first-order valence-electron chi connectivity index (χ1n) is 6.63. The Morgan fingerprint density at radius 3 is 2.29 bits per heavy atom. The van der Waals surface area contributed by atoms with Crippen LogP contribution < -0.4 is 0 Å². The molecule has 0 spiro atoms. The van der Waals surface area contributed by atoms with Crippen LogP contribution in [0.4, 0.5) is 5.69 Å². The molecule has 0 amide bonds. The number of carbonyl (C=O) groups is 2. The number of aryl methyl sites for hydroxylation is 1. The van der Waals surface area contributed by atoms with Gasteiger partial charge in [0.1, 0.15) is 0 Å². The summed E-state index contributed by atoms with van der Waals surface area (Å²) in [6.45, 7) is 5.68. The first-order valence-corrected chi connectivity index (χ1v) is 7.71. The molecule has 114 valence electrons. The lowest BCUT2D eigenvalue weighted by Gasteiger charge is -2.10. The van der Waals surface area contributed by atoms with Crippen molar-refractivity contribution in [3.8, 4) is 0 Å². The third-order valence-corrected chi connectivity index (χ3v) is 3.27. The van der Waals surface area contributed by atoms with E-state index in [9.17, 15) is 9.59 Å². The number of hydrogen-bond acceptors (Lipinski definition) is 5. The number of nitrogens with zero attached hydrogens (tertiary/aromatic N) is 1. The molecule has 0 saturated carbocycles. The van der Waals surface area contributed by atoms with Crippen molar-refractivity contribution in [3.63, 3.8) is 0 Å². The summed E-state index contributed by atoms with van der Waals surface area (Å²) in [4.78, 5) is 27.8. The maximum absolute atomic E-state index is 11.8. The molecule has 1 aromatic carbocycles. The number of rotatable bonds is 6. The molecule has 0 radical (unpaired) electrons. The second-order valence-electron chi connectivity index (χ2n) is 4.19. The maximum Gasteiger partial charge on any atom is 0.325 e. The summed E-state index contributed by atoms with van der Waals surface area (Å²) in [5, 5.41) is 0. The van der Waals surface area contributed by atoms with Crippen molar-refractivity contribution < 1.29 is 19.1 Å². The molecule has 1 aromatic rings. The molecule has 5 nitrogen and oxygen atoms in total. The van der Waals surface area contributed by atoms with Crippen LogP contribution in [0.5, 0.6) is 0 Å². The van der Waals surface area contributed by atoms with E-state index >= 15 is 0 Å². The Bertz CT molecular complexity index is 524. The summed E-state index contributed by atoms with van der Waals surface area (Å²) in [6, 6.07) is 5.71. The van der Waals surface area contributed by atoms with Gasteiger partial charge in [-0.05, 0) is 67.1 Å². The molecule has 0 N–H and O–H groups in total. The van der Waals surface area contributed by atoms with E-state index < -0.39 is 17.9 Å². The molecule has 6 heteroatoms. The minimum Gasteiger partial charge on any atom is -0.465 e. The lowest BCUT2D eigenvalue weighted by molar-refractivity contribution is -0.157. The Morgan fingerprint density at radius 1 is 1.24 bits per heavy atom. The largest absolute Gasteiger partial charge is 0.465 e. The molecular weight excluding hydrogens is 385 g/mol. The Balaban J connectivity index is 2.96. The monoisotopic (exact) mass is 403 g/mol. The lowest BCUT2D eigenvalue weighted by Crippen LogP contribution is -2.29. The summed E-state index contributed by atoms with van der Waals surface area (Å²) in [5.74, 6) is -2.44. The molecule has 0 heterocycles. The van der Waals surface area contributed by atoms with Crippen LogP contribution in [0.25, 0.3) is 0 Å². The van der Waals surface area contributed by atoms with Crippen LogP contribution in [0.2, 0.25) is 0 Å². The fourth-order valence-corrected chi connectivity index (χ4v) is 2.25. The van der Waals surface area contributed by atoms with E-state index in [1.165, 1.54) is 6.21 Å². The minimum absolute atomic E-state index is 0.200. The number of ether oxygens (including phenoxy) is 2. The van der Waals surface area contributed by atoms with Gasteiger partial charge in [-0.1, -0.05) is 0 Å². The highest BCUT2D eigenvalue weighted by Crippen LogP contribution is 2.20. The molecule has 0 fully saturated rings. The smallest absolute Gasteiger partial charge is 0.325 e. The van der Waals surface area contributed by atoms with Crippen LogP contribution in [0, 0.1) is 16.4 Å². The van der Waals surface area contributed by atoms with E-state index in [0.717, 1.165) is 9.13 Å². The van der Waals surface area contributed by atoms with Crippen molar-refractivity contribution in [3.05, 3.63) is 27.3 Å². The number of esters is 2. The highest BCUT2D eigenvalue weighted by Gasteiger charge is 2.27. The van der Waals surface area contributed by atoms with Crippen molar-refractivity contribution in [1.29, 1.82) is 0 Å². The van der Waals surface area contributed by atoms with Gasteiger partial charge in [0.15, 0.2) is 5.92 Å². The fraction of sp³-hybridized carbons (Fsp3) is 0.400. The predicted octanol–water partition coefficient (Wildman–Crippen LogP) is 3.04. The number of benzene rings is 1. The zero-order chi connectivity index (χ0) is 15.8. The quantitative estimate of drug-likeness (QED) is 0.317. The fourth-order valence-electron chi connectivity index (χ4n) is 1.60. The molecule has 0 unspecified atom stereocenters. The number of aliphatic imine (C=N–C) groups is 1. The zero-order valence-electron chi connectivity index (χ0n) is 12.3. The molecule has 21 heavy (non-hydrogen) atoms. The average molecular weight is 403 g/mol. The highest BCUT2D eigenvalue weighted by molar-refractivity contribution is 14.1. The van der Waals surface area contributed by atoms with Gasteiger partial charge in [0.05, 0.1) is 18.9 Å². The maximum atomic E-state index is 11.8. The lowest BCUT2D eigenvalue weighted by atomic mass is 10.1. The number of carbonyl (C=O) groups excluding carboxylic acids is 2. The Labute approximate surface area is 137 Å². The van der Waals surface area contributed by atoms with E-state index in [4.69, 9.17) is 9.47 Å². The highest BCUT2D eigenvalue weighted by atomic mass is 127. The minimum atomic E-state index is -1.14. The van der Waals surface area contributed by atoms with Gasteiger partial charge in [0.25, 0.3) is 0 Å². The first kappa shape index (κ1) is 17.6. The first-order chi connectivity index (χ1) is 9.99. The molecule has 0 aliphatic heterocycles. The zero-order valence-corrected chi connectivity index (χ0v) is 14.4. The van der Waals surface area contributed by atoms with Crippen LogP contribution in [0.15, 0.2) is 23.2 Å². The van der Waals surface area contributed by atoms with E-state index in [0.29, 0.717) is 5.69 Å². The normalized spacial score (nSPS) is 10.9. The van der Waals surface area contributed by atoms with Crippen LogP contribution in [-0.4, -0.2) is 31.4 Å². The van der Waals surface area contributed by atoms with Crippen LogP contribution in [0.3, 0.4) is 0 Å². The third-order valence-electron chi connectivity index (χ3n) is 2.60. The SMILES string of the molecule is CCOC(=O)C(C=Nc1ccc(I)cc1C)C(=O)OCC. The summed E-state index contributed by atoms with van der Waals surface area (Å²) in [7, 11) is 0. The van der Waals surface area contributed by atoms with Gasteiger partial charge in [0, 0.05) is 9.78 Å². The molecule has 0 aliphatic rings. The van der Waals surface area contributed by atoms with Crippen molar-refractivity contribution in [1.82, 2.24) is 0 Å². The number of hydrogen-bond donors (Lipinski definition) is 0. The van der Waals surface area contributed by atoms with Gasteiger partial charge in [-0.2, -0.15) is 0 Å². The average Bonchev–Trinajstić information content (AvgIpc) is 2.41. The van der Waals surface area contributed by atoms with Crippen LogP contribution in [0.1, 0.15) is 19.4 Å². The Kier molecular flexibility index (Phi) is 7.35. The van der Waals surface area contributed by atoms with Crippen LogP contribution in [-0.2, 0) is 19.1 Å². The molecular formula is C15H18INO4. The van der Waals surface area contributed by atoms with Gasteiger partial charge in [-0.25, -0.2) is 0 Å². The second kappa shape index (κ2) is 8.76. The number of halogens is 1. The predicted molar refractivity (Wildman–Crippen MR) is 88.8 cm³/mol. The third kappa shape index (κ3) is 5.45. The summed E-state index contributed by atoms with van der Waals surface area (Å²) in [6.07, 6.45) is 1.28. The van der Waals surface area contributed by atoms with Crippen molar-refractivity contribution in [2.75, 3.05) is 13.2 Å². The van der Waals surface area contributed by atoms with Gasteiger partial charge in [-0.15, -0.1) is 0 Å². The van der Waals surface area contributed by atoms with Crippen LogP contribution >= 0.6 is 22.6 Å². The second-order valence-corrected chi connectivity index (χ2v) is 5.44. The van der Waals surface area contributed by atoms with Gasteiger partial charge >= 0.3 is 11.9 Å². The summed E-state index contributed by atoms with van der Waals surface area (Å²) < 4.78 is 10.8. The molecule has 0 aromatic heterocycles. The topological polar surface area (TPSA) is 65.0 Å². The van der Waals surface area contributed by atoms with Crippen molar-refractivity contribution in [2.24, 2.45) is 10.9 Å². The molecule has 0 atom stereocenters. The molecule has 0 bridgehead atoms. The molecule has 0 saturated heterocycles. The summed E-state index contributed by atoms with van der Waals surface area (Å²) in [5.41, 5.74) is 1.67. The Morgan fingerprint density at radius 2 is 1.81 bits per heavy atom. The molecule has 0 aliphatic carbocycles. The standard InChI is InChI=1S/C15H18INO4/c1-4-20-14(18)12(15(19)21-5-2)9-17-13-7-6-11(16)8-10(13)3/h6-9,12H,4-5H2,1-3H3. The van der Waals surface area contributed by atoms with Crippen molar-refractivity contribution in [2.45, 2.75) is 20.8 Å². The van der Waals surface area contributed by atoms with E-state index in [-0.39, 0.29) is 13.2 Å². The van der Waals surface area contributed by atoms with Crippen molar-refractivity contribution >= 4 is 46.4 Å². The van der Waals surface area contributed by atoms with Gasteiger partial charge < -0.3 is 9.47 Å². The van der Waals surface area contributed by atoms with E-state index in [2.05, 4.69) is 27.6 Å². The molecule has 1 rings (SSSR count). The van der Waals surface area contributed by atoms with E-state index in [1.807, 2.05) is 25.1 Å². The summed E-state index contributed by atoms with van der Waals surface area (Å²) >= 11 is 2.21. The Hall–Kier alpha value is -1.44.